The summed E-state index contributed by atoms with van der Waals surface area (Å²) in [4.78, 5) is 72.8. The molecule has 0 saturated carbocycles. The number of carbonyl (C=O) groups excluding carboxylic acids is 4. The Bertz CT molecular complexity index is 1840. The van der Waals surface area contributed by atoms with E-state index in [1.165, 1.54) is 193 Å². The van der Waals surface area contributed by atoms with E-state index < -0.39 is 97.5 Å². The third kappa shape index (κ3) is 68.6. The van der Waals surface area contributed by atoms with Crippen LogP contribution in [0.3, 0.4) is 0 Å². The van der Waals surface area contributed by atoms with Gasteiger partial charge in [0.1, 0.15) is 19.3 Å². The van der Waals surface area contributed by atoms with E-state index in [-0.39, 0.29) is 25.7 Å². The molecule has 0 aromatic heterocycles. The Labute approximate surface area is 575 Å². The van der Waals surface area contributed by atoms with Gasteiger partial charge in [0, 0.05) is 25.7 Å². The van der Waals surface area contributed by atoms with Crippen molar-refractivity contribution in [2.75, 3.05) is 39.6 Å². The highest BCUT2D eigenvalue weighted by Crippen LogP contribution is 2.45. The van der Waals surface area contributed by atoms with Crippen LogP contribution in [0, 0.1) is 17.8 Å². The maximum absolute atomic E-state index is 13.1. The monoisotopic (exact) mass is 1380 g/mol. The van der Waals surface area contributed by atoms with Gasteiger partial charge in [-0.3, -0.25) is 37.3 Å². The maximum Gasteiger partial charge on any atom is 0.472 e. The number of phosphoric acid groups is 2. The first-order valence-corrected chi connectivity index (χ1v) is 41.8. The van der Waals surface area contributed by atoms with Crippen molar-refractivity contribution >= 4 is 39.5 Å². The maximum atomic E-state index is 13.1. The number of aliphatic hydroxyl groups is 1. The molecular formula is C75H146O17P2. The summed E-state index contributed by atoms with van der Waals surface area (Å²) in [7, 11) is -9.91. The van der Waals surface area contributed by atoms with Crippen LogP contribution < -0.4 is 0 Å². The van der Waals surface area contributed by atoms with Crippen LogP contribution in [0.4, 0.5) is 0 Å². The van der Waals surface area contributed by atoms with Gasteiger partial charge in [0.05, 0.1) is 26.4 Å². The number of esters is 4. The number of carbonyl (C=O) groups is 4. The number of hydrogen-bond donors (Lipinski definition) is 3. The summed E-state index contributed by atoms with van der Waals surface area (Å²) in [5.41, 5.74) is 0. The highest BCUT2D eigenvalue weighted by molar-refractivity contribution is 7.47. The van der Waals surface area contributed by atoms with Crippen molar-refractivity contribution in [3.8, 4) is 0 Å². The molecule has 5 atom stereocenters. The Hall–Kier alpha value is -1.94. The fraction of sp³-hybridized carbons (Fsp3) is 0.947. The molecule has 0 aromatic carbocycles. The van der Waals surface area contributed by atoms with Crippen LogP contribution >= 0.6 is 15.6 Å². The zero-order valence-electron chi connectivity index (χ0n) is 61.4. The van der Waals surface area contributed by atoms with Crippen LogP contribution in [-0.4, -0.2) is 96.7 Å². The van der Waals surface area contributed by atoms with Crippen LogP contribution in [0.25, 0.3) is 0 Å². The van der Waals surface area contributed by atoms with E-state index >= 15 is 0 Å². The van der Waals surface area contributed by atoms with E-state index in [0.717, 1.165) is 108 Å². The predicted octanol–water partition coefficient (Wildman–Crippen LogP) is 21.8. The van der Waals surface area contributed by atoms with Crippen molar-refractivity contribution in [3.05, 3.63) is 0 Å². The van der Waals surface area contributed by atoms with Gasteiger partial charge in [0.2, 0.25) is 0 Å². The largest absolute Gasteiger partial charge is 0.472 e. The van der Waals surface area contributed by atoms with Crippen LogP contribution in [0.5, 0.6) is 0 Å². The molecule has 0 aliphatic carbocycles. The summed E-state index contributed by atoms with van der Waals surface area (Å²) in [6.45, 7) is 11.9. The van der Waals surface area contributed by atoms with Crippen molar-refractivity contribution in [3.63, 3.8) is 0 Å². The molecule has 17 nitrogen and oxygen atoms in total. The minimum absolute atomic E-state index is 0.106. The van der Waals surface area contributed by atoms with Crippen molar-refractivity contribution in [1.82, 2.24) is 0 Å². The lowest BCUT2D eigenvalue weighted by atomic mass is 10.0. The van der Waals surface area contributed by atoms with Crippen LogP contribution in [0.15, 0.2) is 0 Å². The first kappa shape index (κ1) is 92.1. The molecule has 0 radical (unpaired) electrons. The zero-order valence-corrected chi connectivity index (χ0v) is 63.2. The molecule has 0 rings (SSSR count). The lowest BCUT2D eigenvalue weighted by molar-refractivity contribution is -0.161. The summed E-state index contributed by atoms with van der Waals surface area (Å²) in [5.74, 6) is 0.145. The Morgan fingerprint density at radius 2 is 0.489 bits per heavy atom. The molecule has 0 bridgehead atoms. The smallest absolute Gasteiger partial charge is 0.462 e. The summed E-state index contributed by atoms with van der Waals surface area (Å²) in [5, 5.41) is 10.6. The van der Waals surface area contributed by atoms with Gasteiger partial charge in [-0.25, -0.2) is 9.13 Å². The van der Waals surface area contributed by atoms with Crippen molar-refractivity contribution < 1.29 is 80.2 Å². The van der Waals surface area contributed by atoms with E-state index in [2.05, 4.69) is 48.5 Å². The van der Waals surface area contributed by atoms with Crippen LogP contribution in [0.2, 0.25) is 0 Å². The standard InChI is InChI=1S/C75H146O17P2/c1-8-9-10-11-12-13-14-15-16-17-22-28-37-44-51-58-74(79)91-70(62-85-72(77)56-49-42-35-27-23-18-20-25-32-39-46-53-66(2)3)64-89-93(81,82)87-60-69(76)61-88-94(83,84)90-65-71(63-86-73(78)57-50-43-36-31-30-34-41-48-55-68(6)7)92-75(80)59-52-45-38-29-24-19-21-26-33-40-47-54-67(4)5/h66-71,76H,8-65H2,1-7H3,(H,81,82)(H,83,84)/t69-,70-,71-/m1/s1. The number of aliphatic hydroxyl groups excluding tert-OH is 1. The predicted molar refractivity (Wildman–Crippen MR) is 381 cm³/mol. The highest BCUT2D eigenvalue weighted by Gasteiger charge is 2.30. The second-order valence-electron chi connectivity index (χ2n) is 28.5. The average molecular weight is 1380 g/mol. The van der Waals surface area contributed by atoms with Crippen molar-refractivity contribution in [2.24, 2.45) is 17.8 Å². The average Bonchev–Trinajstić information content (AvgIpc) is 1.19. The lowest BCUT2D eigenvalue weighted by Crippen LogP contribution is -2.30. The number of unbranched alkanes of at least 4 members (excludes halogenated alkanes) is 41. The molecule has 19 heteroatoms. The minimum atomic E-state index is -4.96. The molecule has 0 fully saturated rings. The topological polar surface area (TPSA) is 237 Å². The highest BCUT2D eigenvalue weighted by atomic mass is 31.2. The van der Waals surface area contributed by atoms with Gasteiger partial charge in [0.15, 0.2) is 12.2 Å². The van der Waals surface area contributed by atoms with Gasteiger partial charge in [-0.05, 0) is 43.4 Å². The third-order valence-corrected chi connectivity index (χ3v) is 19.3. The Kier molecular flexibility index (Phi) is 64.3. The normalized spacial score (nSPS) is 14.1. The summed E-state index contributed by atoms with van der Waals surface area (Å²) >= 11 is 0. The summed E-state index contributed by atoms with van der Waals surface area (Å²) in [6.07, 6.45) is 51.2. The van der Waals surface area contributed by atoms with E-state index in [0.29, 0.717) is 25.7 Å². The first-order valence-electron chi connectivity index (χ1n) is 38.8. The molecule has 0 heterocycles. The molecule has 0 aliphatic rings. The van der Waals surface area contributed by atoms with Crippen LogP contribution in [0.1, 0.15) is 382 Å². The SMILES string of the molecule is CCCCCCCCCCCCCCCCCC(=O)O[C@H](COC(=O)CCCCCCCCCCCCCC(C)C)COP(=O)(O)OC[C@@H](O)COP(=O)(O)OC[C@@H](COC(=O)CCCCCCCCCCC(C)C)OC(=O)CCCCCCCCCCCCCC(C)C. The number of phosphoric ester groups is 2. The number of ether oxygens (including phenoxy) is 4. The van der Waals surface area contributed by atoms with Gasteiger partial charge < -0.3 is 33.8 Å². The molecule has 0 aliphatic heterocycles. The molecule has 0 saturated heterocycles. The molecule has 0 amide bonds. The molecule has 558 valence electrons. The molecule has 2 unspecified atom stereocenters. The van der Waals surface area contributed by atoms with Gasteiger partial charge in [0.25, 0.3) is 0 Å². The van der Waals surface area contributed by atoms with Crippen molar-refractivity contribution in [2.45, 2.75) is 401 Å². The zero-order chi connectivity index (χ0) is 69.4. The van der Waals surface area contributed by atoms with Gasteiger partial charge >= 0.3 is 39.5 Å². The third-order valence-electron chi connectivity index (χ3n) is 17.4. The van der Waals surface area contributed by atoms with E-state index in [4.69, 9.17) is 37.0 Å². The van der Waals surface area contributed by atoms with Crippen LogP contribution in [-0.2, 0) is 65.4 Å². The minimum Gasteiger partial charge on any atom is -0.462 e. The molecule has 0 spiro atoms. The Balaban J connectivity index is 5.27. The Morgan fingerprint density at radius 1 is 0.287 bits per heavy atom. The fourth-order valence-corrected chi connectivity index (χ4v) is 13.0. The first-order chi connectivity index (χ1) is 45.2. The van der Waals surface area contributed by atoms with Gasteiger partial charge in [-0.1, -0.05) is 331 Å². The van der Waals surface area contributed by atoms with Gasteiger partial charge in [-0.2, -0.15) is 0 Å². The van der Waals surface area contributed by atoms with E-state index in [9.17, 15) is 43.2 Å². The molecule has 3 N–H and O–H groups in total. The van der Waals surface area contributed by atoms with E-state index in [1.54, 1.807) is 0 Å². The Morgan fingerprint density at radius 3 is 0.723 bits per heavy atom. The lowest BCUT2D eigenvalue weighted by Gasteiger charge is -2.21. The molecular weight excluding hydrogens is 1230 g/mol. The second kappa shape index (κ2) is 65.7. The quantitative estimate of drug-likeness (QED) is 0.0222. The molecule has 94 heavy (non-hydrogen) atoms. The summed E-state index contributed by atoms with van der Waals surface area (Å²) in [6, 6.07) is 0. The van der Waals surface area contributed by atoms with Crippen molar-refractivity contribution in [1.29, 1.82) is 0 Å². The van der Waals surface area contributed by atoms with E-state index in [1.807, 2.05) is 0 Å². The number of rotatable bonds is 73. The fourth-order valence-electron chi connectivity index (χ4n) is 11.4. The number of hydrogen-bond acceptors (Lipinski definition) is 15. The summed E-state index contributed by atoms with van der Waals surface area (Å²) < 4.78 is 68.5. The molecule has 0 aromatic rings. The second-order valence-corrected chi connectivity index (χ2v) is 31.4. The van der Waals surface area contributed by atoms with Gasteiger partial charge in [-0.15, -0.1) is 0 Å².